The molecule has 2 aromatic carbocycles. The summed E-state index contributed by atoms with van der Waals surface area (Å²) in [6.07, 6.45) is 3.13. The van der Waals surface area contributed by atoms with Gasteiger partial charge in [-0.05, 0) is 48.4 Å². The third kappa shape index (κ3) is 5.41. The molecule has 7 heteroatoms. The fourth-order valence-electron chi connectivity index (χ4n) is 5.17. The van der Waals surface area contributed by atoms with Gasteiger partial charge in [0.2, 0.25) is 5.91 Å². The number of carbonyl (C=O) groups excluding carboxylic acids is 2. The largest absolute Gasteiger partial charge is 0.481 e. The van der Waals surface area contributed by atoms with Crippen LogP contribution >= 0.6 is 0 Å². The number of carboxylic acids is 1. The highest BCUT2D eigenvalue weighted by Crippen LogP contribution is 2.44. The molecule has 3 atom stereocenters. The van der Waals surface area contributed by atoms with E-state index in [9.17, 15) is 14.4 Å². The molecule has 0 saturated heterocycles. The van der Waals surface area contributed by atoms with E-state index in [-0.39, 0.29) is 42.9 Å². The van der Waals surface area contributed by atoms with Crippen molar-refractivity contribution in [2.75, 3.05) is 6.61 Å². The van der Waals surface area contributed by atoms with Crippen molar-refractivity contribution in [1.82, 2.24) is 10.6 Å². The predicted molar refractivity (Wildman–Crippen MR) is 128 cm³/mol. The summed E-state index contributed by atoms with van der Waals surface area (Å²) < 4.78 is 5.67. The Bertz CT molecular complexity index is 1010. The number of carboxylic acid groups (broad SMARTS) is 1. The molecule has 1 saturated carbocycles. The van der Waals surface area contributed by atoms with Crippen LogP contribution in [0.5, 0.6) is 0 Å². The molecule has 3 unspecified atom stereocenters. The lowest BCUT2D eigenvalue weighted by Gasteiger charge is -2.32. The van der Waals surface area contributed by atoms with Crippen molar-refractivity contribution < 1.29 is 24.2 Å². The molecule has 2 aliphatic rings. The topological polar surface area (TPSA) is 105 Å². The van der Waals surface area contributed by atoms with Gasteiger partial charge in [0.1, 0.15) is 6.61 Å². The molecule has 1 fully saturated rings. The zero-order valence-corrected chi connectivity index (χ0v) is 19.5. The Balaban J connectivity index is 1.35. The van der Waals surface area contributed by atoms with Crippen molar-refractivity contribution in [2.24, 2.45) is 5.92 Å². The number of benzene rings is 2. The molecule has 0 heterocycles. The van der Waals surface area contributed by atoms with Gasteiger partial charge in [-0.1, -0.05) is 61.4 Å². The van der Waals surface area contributed by atoms with E-state index in [1.54, 1.807) is 6.92 Å². The van der Waals surface area contributed by atoms with E-state index < -0.39 is 12.1 Å². The average Bonchev–Trinajstić information content (AvgIpc) is 3.15. The molecule has 0 aromatic heterocycles. The number of carbonyl (C=O) groups is 3. The average molecular weight is 465 g/mol. The van der Waals surface area contributed by atoms with Gasteiger partial charge in [-0.3, -0.25) is 9.59 Å². The number of fused-ring (bicyclic) bond motifs is 3. The lowest BCUT2D eigenvalue weighted by Crippen LogP contribution is -2.50. The maximum Gasteiger partial charge on any atom is 0.407 e. The molecule has 0 spiro atoms. The Morgan fingerprint density at radius 2 is 1.62 bits per heavy atom. The van der Waals surface area contributed by atoms with Crippen LogP contribution in [0.25, 0.3) is 11.1 Å². The van der Waals surface area contributed by atoms with Gasteiger partial charge in [0.25, 0.3) is 0 Å². The van der Waals surface area contributed by atoms with Gasteiger partial charge < -0.3 is 20.5 Å². The molecular formula is C27H32N2O5. The number of ether oxygens (including phenoxy) is 1. The zero-order chi connectivity index (χ0) is 24.1. The van der Waals surface area contributed by atoms with Crippen LogP contribution in [0.1, 0.15) is 62.5 Å². The molecule has 180 valence electrons. The molecule has 4 rings (SSSR count). The van der Waals surface area contributed by atoms with Crippen molar-refractivity contribution in [3.05, 3.63) is 59.7 Å². The Kier molecular flexibility index (Phi) is 7.50. The van der Waals surface area contributed by atoms with Crippen LogP contribution in [-0.2, 0) is 14.3 Å². The highest BCUT2D eigenvalue weighted by molar-refractivity contribution is 5.81. The van der Waals surface area contributed by atoms with Crippen LogP contribution in [0.15, 0.2) is 48.5 Å². The molecular weight excluding hydrogens is 432 g/mol. The summed E-state index contributed by atoms with van der Waals surface area (Å²) in [5.41, 5.74) is 4.66. The molecule has 2 amide bonds. The highest BCUT2D eigenvalue weighted by Gasteiger charge is 2.34. The predicted octanol–water partition coefficient (Wildman–Crippen LogP) is 4.45. The van der Waals surface area contributed by atoms with Gasteiger partial charge in [-0.15, -0.1) is 0 Å². The van der Waals surface area contributed by atoms with Crippen molar-refractivity contribution in [3.8, 4) is 11.1 Å². The normalized spacial score (nSPS) is 20.0. The van der Waals surface area contributed by atoms with E-state index in [2.05, 4.69) is 34.9 Å². The van der Waals surface area contributed by atoms with Crippen molar-refractivity contribution in [2.45, 2.75) is 63.5 Å². The highest BCUT2D eigenvalue weighted by atomic mass is 16.5. The second kappa shape index (κ2) is 10.7. The number of nitrogens with one attached hydrogen (secondary N) is 2. The van der Waals surface area contributed by atoms with Crippen LogP contribution in [-0.4, -0.2) is 41.8 Å². The van der Waals surface area contributed by atoms with Gasteiger partial charge in [-0.2, -0.15) is 0 Å². The Morgan fingerprint density at radius 1 is 1.00 bits per heavy atom. The summed E-state index contributed by atoms with van der Waals surface area (Å²) in [4.78, 5) is 36.3. The first-order chi connectivity index (χ1) is 16.4. The van der Waals surface area contributed by atoms with E-state index in [4.69, 9.17) is 9.84 Å². The zero-order valence-electron chi connectivity index (χ0n) is 19.5. The summed E-state index contributed by atoms with van der Waals surface area (Å²) in [7, 11) is 0. The first-order valence-electron chi connectivity index (χ1n) is 12.1. The Morgan fingerprint density at radius 3 is 2.26 bits per heavy atom. The standard InChI is InChI=1S/C27H32N2O5/c1-17(14-15-25(30)31)28-26(32)22-12-6-7-13-24(22)29-27(33)34-16-23-20-10-4-2-8-18(20)19-9-3-5-11-21(19)23/h2-5,8-11,17,22-24H,6-7,12-16H2,1H3,(H,28,32)(H,29,33)(H,30,31). The van der Waals surface area contributed by atoms with E-state index in [1.165, 1.54) is 11.1 Å². The fourth-order valence-corrected chi connectivity index (χ4v) is 5.17. The molecule has 0 bridgehead atoms. The third-order valence-electron chi connectivity index (χ3n) is 6.93. The first-order valence-corrected chi connectivity index (χ1v) is 12.1. The van der Waals surface area contributed by atoms with Crippen LogP contribution in [0.3, 0.4) is 0 Å². The first kappa shape index (κ1) is 23.8. The Labute approximate surface area is 199 Å². The van der Waals surface area contributed by atoms with Crippen molar-refractivity contribution in [3.63, 3.8) is 0 Å². The van der Waals surface area contributed by atoms with Gasteiger partial charge >= 0.3 is 12.1 Å². The molecule has 7 nitrogen and oxygen atoms in total. The molecule has 2 aromatic rings. The maximum absolute atomic E-state index is 12.8. The number of hydrogen-bond acceptors (Lipinski definition) is 4. The molecule has 3 N–H and O–H groups in total. The molecule has 2 aliphatic carbocycles. The summed E-state index contributed by atoms with van der Waals surface area (Å²) in [5, 5.41) is 14.7. The summed E-state index contributed by atoms with van der Waals surface area (Å²) in [5.74, 6) is -1.38. The van der Waals surface area contributed by atoms with Crippen LogP contribution in [0.2, 0.25) is 0 Å². The number of alkyl carbamates (subject to hydrolysis) is 1. The van der Waals surface area contributed by atoms with Gasteiger partial charge in [0, 0.05) is 24.4 Å². The Hall–Kier alpha value is -3.35. The number of amides is 2. The second-order valence-corrected chi connectivity index (χ2v) is 9.31. The van der Waals surface area contributed by atoms with Crippen LogP contribution < -0.4 is 10.6 Å². The molecule has 0 aliphatic heterocycles. The minimum atomic E-state index is -0.881. The minimum Gasteiger partial charge on any atom is -0.481 e. The van der Waals surface area contributed by atoms with E-state index in [1.807, 2.05) is 24.3 Å². The van der Waals surface area contributed by atoms with Crippen LogP contribution in [0, 0.1) is 5.92 Å². The van der Waals surface area contributed by atoms with E-state index >= 15 is 0 Å². The van der Waals surface area contributed by atoms with Gasteiger partial charge in [-0.25, -0.2) is 4.79 Å². The quantitative estimate of drug-likeness (QED) is 0.535. The van der Waals surface area contributed by atoms with Crippen molar-refractivity contribution in [1.29, 1.82) is 0 Å². The minimum absolute atomic E-state index is 0.00748. The maximum atomic E-state index is 12.8. The number of rotatable bonds is 8. The fraction of sp³-hybridized carbons (Fsp3) is 0.444. The van der Waals surface area contributed by atoms with Gasteiger partial charge in [0.15, 0.2) is 0 Å². The van der Waals surface area contributed by atoms with E-state index in [0.29, 0.717) is 19.3 Å². The van der Waals surface area contributed by atoms with Gasteiger partial charge in [0.05, 0.1) is 5.92 Å². The SMILES string of the molecule is CC(CCC(=O)O)NC(=O)C1CCCCC1NC(=O)OCC1c2ccccc2-c2ccccc21. The van der Waals surface area contributed by atoms with Crippen LogP contribution in [0.4, 0.5) is 4.79 Å². The molecule has 34 heavy (non-hydrogen) atoms. The summed E-state index contributed by atoms with van der Waals surface area (Å²) in [6, 6.07) is 15.8. The summed E-state index contributed by atoms with van der Waals surface area (Å²) in [6.45, 7) is 2.04. The number of hydrogen-bond donors (Lipinski definition) is 3. The smallest absolute Gasteiger partial charge is 0.407 e. The molecule has 0 radical (unpaired) electrons. The third-order valence-corrected chi connectivity index (χ3v) is 6.93. The second-order valence-electron chi connectivity index (χ2n) is 9.31. The lowest BCUT2D eigenvalue weighted by molar-refractivity contribution is -0.137. The van der Waals surface area contributed by atoms with E-state index in [0.717, 1.165) is 24.0 Å². The monoisotopic (exact) mass is 464 g/mol. The lowest BCUT2D eigenvalue weighted by atomic mass is 9.83. The summed E-state index contributed by atoms with van der Waals surface area (Å²) >= 11 is 0. The van der Waals surface area contributed by atoms with Crippen molar-refractivity contribution >= 4 is 18.0 Å². The number of aliphatic carboxylic acids is 1.